The molecule has 0 atom stereocenters. The minimum atomic E-state index is 0.420. The Kier molecular flexibility index (Phi) is 4.43. The van der Waals surface area contributed by atoms with Gasteiger partial charge >= 0.3 is 0 Å². The van der Waals surface area contributed by atoms with Crippen LogP contribution in [0, 0.1) is 11.8 Å². The first-order chi connectivity index (χ1) is 14.8. The quantitative estimate of drug-likeness (QED) is 0.256. The standard InChI is InChI=1S/C25H15N3O2/c29-28-23-15-24(19-14-18-5-1-2-7-22(18)27-16-19)30-25-13-17(9-11-21(23)25)8-10-20-6-3-4-12-26-20/h1-7,9,11-16,29H. The SMILES string of the molecule is ON=c1cc(-c2cnc3ccccc3c2)oc2cc(C#Cc3ccccn3)ccc12. The summed E-state index contributed by atoms with van der Waals surface area (Å²) in [5, 5.41) is 15.1. The number of hydrogen-bond donors (Lipinski definition) is 1. The fraction of sp³-hybridized carbons (Fsp3) is 0. The second-order valence-electron chi connectivity index (χ2n) is 6.69. The number of pyridine rings is 2. The molecule has 5 rings (SSSR count). The van der Waals surface area contributed by atoms with E-state index in [0.29, 0.717) is 27.8 Å². The summed E-state index contributed by atoms with van der Waals surface area (Å²) in [6.07, 6.45) is 3.46. The van der Waals surface area contributed by atoms with E-state index in [9.17, 15) is 5.21 Å². The van der Waals surface area contributed by atoms with Crippen LogP contribution in [0.3, 0.4) is 0 Å². The molecule has 5 nitrogen and oxygen atoms in total. The fourth-order valence-corrected chi connectivity index (χ4v) is 3.25. The molecule has 0 bridgehead atoms. The Labute approximate surface area is 172 Å². The van der Waals surface area contributed by atoms with Gasteiger partial charge in [0.1, 0.15) is 22.4 Å². The first kappa shape index (κ1) is 17.7. The van der Waals surface area contributed by atoms with Crippen molar-refractivity contribution in [1.29, 1.82) is 0 Å². The summed E-state index contributed by atoms with van der Waals surface area (Å²) in [5.41, 5.74) is 3.74. The van der Waals surface area contributed by atoms with E-state index in [1.54, 1.807) is 18.5 Å². The monoisotopic (exact) mass is 389 g/mol. The van der Waals surface area contributed by atoms with Crippen LogP contribution in [0.25, 0.3) is 33.2 Å². The molecule has 30 heavy (non-hydrogen) atoms. The highest BCUT2D eigenvalue weighted by Gasteiger charge is 2.08. The highest BCUT2D eigenvalue weighted by Crippen LogP contribution is 2.25. The number of benzene rings is 2. The maximum Gasteiger partial charge on any atom is 0.138 e. The summed E-state index contributed by atoms with van der Waals surface area (Å²) in [6, 6.07) is 22.7. The zero-order valence-corrected chi connectivity index (χ0v) is 15.8. The average molecular weight is 389 g/mol. The van der Waals surface area contributed by atoms with Crippen LogP contribution in [0.5, 0.6) is 0 Å². The first-order valence-electron chi connectivity index (χ1n) is 9.34. The normalized spacial score (nSPS) is 11.4. The minimum Gasteiger partial charge on any atom is -0.456 e. The molecule has 0 fully saturated rings. The van der Waals surface area contributed by atoms with E-state index in [1.165, 1.54) is 0 Å². The van der Waals surface area contributed by atoms with Crippen LogP contribution in [-0.4, -0.2) is 15.2 Å². The molecule has 142 valence electrons. The van der Waals surface area contributed by atoms with Gasteiger partial charge in [0.2, 0.25) is 0 Å². The van der Waals surface area contributed by atoms with Crippen molar-refractivity contribution >= 4 is 21.9 Å². The maximum atomic E-state index is 9.53. The lowest BCUT2D eigenvalue weighted by atomic mass is 10.1. The van der Waals surface area contributed by atoms with Gasteiger partial charge in [-0.15, -0.1) is 0 Å². The molecule has 0 aliphatic carbocycles. The van der Waals surface area contributed by atoms with Gasteiger partial charge in [0.05, 0.1) is 5.52 Å². The molecule has 0 unspecified atom stereocenters. The smallest absolute Gasteiger partial charge is 0.138 e. The molecule has 0 amide bonds. The van der Waals surface area contributed by atoms with Crippen molar-refractivity contribution in [2.75, 3.05) is 0 Å². The summed E-state index contributed by atoms with van der Waals surface area (Å²) < 4.78 is 6.14. The van der Waals surface area contributed by atoms with E-state index in [4.69, 9.17) is 4.42 Å². The number of rotatable bonds is 1. The number of para-hydroxylation sites is 1. The average Bonchev–Trinajstić information content (AvgIpc) is 2.82. The molecule has 0 saturated heterocycles. The van der Waals surface area contributed by atoms with Gasteiger partial charge in [-0.1, -0.05) is 35.3 Å². The topological polar surface area (TPSA) is 71.5 Å². The second kappa shape index (κ2) is 7.53. The third-order valence-corrected chi connectivity index (χ3v) is 4.73. The highest BCUT2D eigenvalue weighted by atomic mass is 16.4. The molecule has 5 heteroatoms. The molecule has 0 aliphatic rings. The first-order valence-corrected chi connectivity index (χ1v) is 9.34. The van der Waals surface area contributed by atoms with Crippen molar-refractivity contribution in [2.24, 2.45) is 5.16 Å². The lowest BCUT2D eigenvalue weighted by Gasteiger charge is -2.06. The Morgan fingerprint density at radius 1 is 0.867 bits per heavy atom. The Balaban J connectivity index is 1.63. The van der Waals surface area contributed by atoms with Gasteiger partial charge in [-0.25, -0.2) is 4.98 Å². The Morgan fingerprint density at radius 3 is 2.63 bits per heavy atom. The number of hydrogen-bond acceptors (Lipinski definition) is 5. The number of nitrogens with zero attached hydrogens (tertiary/aromatic N) is 3. The van der Waals surface area contributed by atoms with Crippen LogP contribution < -0.4 is 5.36 Å². The molecular formula is C25H15N3O2. The molecule has 5 aromatic rings. The van der Waals surface area contributed by atoms with E-state index >= 15 is 0 Å². The molecular weight excluding hydrogens is 374 g/mol. The third-order valence-electron chi connectivity index (χ3n) is 4.73. The summed E-state index contributed by atoms with van der Waals surface area (Å²) in [6.45, 7) is 0. The highest BCUT2D eigenvalue weighted by molar-refractivity contribution is 5.84. The molecule has 0 saturated carbocycles. The summed E-state index contributed by atoms with van der Waals surface area (Å²) in [4.78, 5) is 8.70. The lowest BCUT2D eigenvalue weighted by Crippen LogP contribution is -2.03. The Bertz CT molecular complexity index is 1510. The van der Waals surface area contributed by atoms with Crippen LogP contribution >= 0.6 is 0 Å². The van der Waals surface area contributed by atoms with E-state index in [1.807, 2.05) is 66.7 Å². The van der Waals surface area contributed by atoms with Gasteiger partial charge in [-0.05, 0) is 48.4 Å². The number of fused-ring (bicyclic) bond motifs is 2. The van der Waals surface area contributed by atoms with Gasteiger partial charge in [0.15, 0.2) is 0 Å². The molecule has 2 aromatic carbocycles. The summed E-state index contributed by atoms with van der Waals surface area (Å²) in [7, 11) is 0. The van der Waals surface area contributed by atoms with Crippen molar-refractivity contribution in [1.82, 2.24) is 9.97 Å². The largest absolute Gasteiger partial charge is 0.456 e. The molecule has 3 heterocycles. The van der Waals surface area contributed by atoms with Crippen LogP contribution in [0.2, 0.25) is 0 Å². The van der Waals surface area contributed by atoms with Gasteiger partial charge in [0, 0.05) is 40.4 Å². The second-order valence-corrected chi connectivity index (χ2v) is 6.69. The van der Waals surface area contributed by atoms with E-state index in [2.05, 4.69) is 27.0 Å². The van der Waals surface area contributed by atoms with E-state index < -0.39 is 0 Å². The zero-order chi connectivity index (χ0) is 20.3. The van der Waals surface area contributed by atoms with Crippen molar-refractivity contribution in [3.8, 4) is 23.2 Å². The maximum absolute atomic E-state index is 9.53. The molecule has 0 spiro atoms. The molecule has 3 aromatic heterocycles. The van der Waals surface area contributed by atoms with Crippen molar-refractivity contribution < 1.29 is 9.62 Å². The Morgan fingerprint density at radius 2 is 1.77 bits per heavy atom. The van der Waals surface area contributed by atoms with Gasteiger partial charge < -0.3 is 9.62 Å². The predicted molar refractivity (Wildman–Crippen MR) is 115 cm³/mol. The molecule has 0 aliphatic heterocycles. The number of aromatic nitrogens is 2. The van der Waals surface area contributed by atoms with E-state index in [0.717, 1.165) is 22.0 Å². The van der Waals surface area contributed by atoms with Crippen molar-refractivity contribution in [3.63, 3.8) is 0 Å². The predicted octanol–water partition coefficient (Wildman–Crippen LogP) is 4.73. The van der Waals surface area contributed by atoms with Crippen LogP contribution in [0.15, 0.2) is 94.8 Å². The summed E-state index contributed by atoms with van der Waals surface area (Å²) >= 11 is 0. The van der Waals surface area contributed by atoms with Gasteiger partial charge in [0.25, 0.3) is 0 Å². The third kappa shape index (κ3) is 3.38. The zero-order valence-electron chi connectivity index (χ0n) is 15.8. The van der Waals surface area contributed by atoms with Crippen LogP contribution in [0.1, 0.15) is 11.3 Å². The molecule has 0 radical (unpaired) electrons. The van der Waals surface area contributed by atoms with E-state index in [-0.39, 0.29) is 0 Å². The van der Waals surface area contributed by atoms with Crippen molar-refractivity contribution in [2.45, 2.75) is 0 Å². The minimum absolute atomic E-state index is 0.420. The fourth-order valence-electron chi connectivity index (χ4n) is 3.25. The summed E-state index contributed by atoms with van der Waals surface area (Å²) in [5.74, 6) is 6.69. The van der Waals surface area contributed by atoms with Crippen LogP contribution in [-0.2, 0) is 0 Å². The Hall–Kier alpha value is -4.43. The van der Waals surface area contributed by atoms with Crippen LogP contribution in [0.4, 0.5) is 0 Å². The van der Waals surface area contributed by atoms with Crippen molar-refractivity contribution in [3.05, 3.63) is 102 Å². The van der Waals surface area contributed by atoms with Gasteiger partial charge in [-0.3, -0.25) is 4.98 Å². The lowest BCUT2D eigenvalue weighted by molar-refractivity contribution is 0.302. The molecule has 1 N–H and O–H groups in total. The van der Waals surface area contributed by atoms with Gasteiger partial charge in [-0.2, -0.15) is 0 Å².